The van der Waals surface area contributed by atoms with Crippen molar-refractivity contribution in [3.8, 4) is 17.6 Å². The second kappa shape index (κ2) is 9.50. The Balaban J connectivity index is 2.02. The van der Waals surface area contributed by atoms with Crippen LogP contribution in [0.2, 0.25) is 19.6 Å². The van der Waals surface area contributed by atoms with Crippen LogP contribution in [0.1, 0.15) is 27.8 Å². The normalized spacial score (nSPS) is 10.4. The lowest BCUT2D eigenvalue weighted by Gasteiger charge is -2.19. The summed E-state index contributed by atoms with van der Waals surface area (Å²) in [4.78, 5) is 0. The van der Waals surface area contributed by atoms with Gasteiger partial charge in [0.15, 0.2) is 0 Å². The van der Waals surface area contributed by atoms with Crippen LogP contribution in [0.15, 0.2) is 78.5 Å². The van der Waals surface area contributed by atoms with Gasteiger partial charge in [-0.15, -0.1) is 5.73 Å². The smallest absolute Gasteiger partial charge is 0.118 e. The molecule has 0 unspecified atom stereocenters. The summed E-state index contributed by atoms with van der Waals surface area (Å²) in [7, 11) is 0.0934. The minimum absolute atomic E-state index is 0.837. The number of methoxy groups -OCH3 is 1. The van der Waals surface area contributed by atoms with Crippen LogP contribution in [0, 0.1) is 18.8 Å². The highest BCUT2D eigenvalue weighted by atomic mass is 28.3. The molecular weight excluding hydrogens is 380 g/mol. The predicted molar refractivity (Wildman–Crippen MR) is 131 cm³/mol. The van der Waals surface area contributed by atoms with Crippen LogP contribution in [-0.4, -0.2) is 15.2 Å². The minimum atomic E-state index is -1.58. The van der Waals surface area contributed by atoms with E-state index in [1.165, 1.54) is 16.3 Å². The molecule has 1 nitrogen and oxygen atoms in total. The van der Waals surface area contributed by atoms with Gasteiger partial charge in [0.05, 0.1) is 15.2 Å². The molecule has 30 heavy (non-hydrogen) atoms. The van der Waals surface area contributed by atoms with E-state index in [1.54, 1.807) is 7.11 Å². The predicted octanol–water partition coefficient (Wildman–Crippen LogP) is 6.98. The van der Waals surface area contributed by atoms with Gasteiger partial charge >= 0.3 is 0 Å². The van der Waals surface area contributed by atoms with Gasteiger partial charge in [-0.25, -0.2) is 0 Å². The first-order valence-electron chi connectivity index (χ1n) is 10.2. The highest BCUT2D eigenvalue weighted by Crippen LogP contribution is 2.26. The maximum atomic E-state index is 5.22. The van der Waals surface area contributed by atoms with Crippen molar-refractivity contribution in [3.05, 3.63) is 106 Å². The third kappa shape index (κ3) is 5.64. The number of ether oxygens (including phenoxy) is 1. The zero-order valence-electron chi connectivity index (χ0n) is 18.4. The molecule has 0 aromatic heterocycles. The highest BCUT2D eigenvalue weighted by molar-refractivity contribution is 6.93. The summed E-state index contributed by atoms with van der Waals surface area (Å²) in [6.45, 7) is 9.22. The molecule has 0 N–H and O–H groups in total. The third-order valence-corrected chi connectivity index (χ3v) is 6.75. The molecule has 0 saturated carbocycles. The van der Waals surface area contributed by atoms with E-state index in [-0.39, 0.29) is 0 Å². The van der Waals surface area contributed by atoms with Crippen LogP contribution < -0.4 is 4.74 Å². The number of hydrogen-bond donors (Lipinski definition) is 0. The Kier molecular flexibility index (Phi) is 6.80. The topological polar surface area (TPSA) is 9.23 Å². The van der Waals surface area contributed by atoms with Crippen molar-refractivity contribution in [2.75, 3.05) is 7.11 Å². The van der Waals surface area contributed by atoms with E-state index in [0.717, 1.165) is 22.4 Å². The van der Waals surface area contributed by atoms with Gasteiger partial charge < -0.3 is 4.74 Å². The Labute approximate surface area is 181 Å². The monoisotopic (exact) mass is 408 g/mol. The average Bonchev–Trinajstić information content (AvgIpc) is 2.72. The van der Waals surface area contributed by atoms with E-state index in [1.807, 2.05) is 36.4 Å². The summed E-state index contributed by atoms with van der Waals surface area (Å²) in [5.41, 5.74) is 9.24. The molecule has 0 aliphatic carbocycles. The molecule has 150 valence electrons. The quantitative estimate of drug-likeness (QED) is 0.257. The summed E-state index contributed by atoms with van der Waals surface area (Å²) < 4.78 is 5.22. The molecule has 0 spiro atoms. The highest BCUT2D eigenvalue weighted by Gasteiger charge is 2.21. The fourth-order valence-electron chi connectivity index (χ4n) is 3.23. The molecule has 0 aliphatic rings. The minimum Gasteiger partial charge on any atom is -0.497 e. The van der Waals surface area contributed by atoms with Gasteiger partial charge in [0.2, 0.25) is 0 Å². The fourth-order valence-corrected chi connectivity index (χ4v) is 4.76. The van der Waals surface area contributed by atoms with Gasteiger partial charge in [-0.3, -0.25) is 0 Å². The van der Waals surface area contributed by atoms with E-state index in [0.29, 0.717) is 0 Å². The Morgan fingerprint density at radius 2 is 1.60 bits per heavy atom. The Morgan fingerprint density at radius 1 is 0.867 bits per heavy atom. The van der Waals surface area contributed by atoms with Crippen LogP contribution in [0.3, 0.4) is 0 Å². The van der Waals surface area contributed by atoms with E-state index in [2.05, 4.69) is 86.6 Å². The van der Waals surface area contributed by atoms with E-state index < -0.39 is 8.07 Å². The molecule has 2 heteroatoms. The Morgan fingerprint density at radius 3 is 2.27 bits per heavy atom. The van der Waals surface area contributed by atoms with Gasteiger partial charge in [0.1, 0.15) is 5.75 Å². The summed E-state index contributed by atoms with van der Waals surface area (Å²) in [6, 6.07) is 24.8. The molecule has 0 saturated heterocycles. The maximum absolute atomic E-state index is 5.22. The van der Waals surface area contributed by atoms with Crippen molar-refractivity contribution in [2.45, 2.75) is 26.6 Å². The molecule has 0 aliphatic heterocycles. The molecule has 3 aromatic carbocycles. The zero-order chi connectivity index (χ0) is 21.6. The van der Waals surface area contributed by atoms with E-state index >= 15 is 0 Å². The lowest BCUT2D eigenvalue weighted by molar-refractivity contribution is 0.415. The van der Waals surface area contributed by atoms with Crippen LogP contribution >= 0.6 is 0 Å². The van der Waals surface area contributed by atoms with Crippen molar-refractivity contribution in [1.82, 2.24) is 0 Å². The molecular formula is C28H28OSi. The molecule has 0 fully saturated rings. The van der Waals surface area contributed by atoms with Crippen LogP contribution in [0.25, 0.3) is 11.3 Å². The molecule has 3 aromatic rings. The average molecular weight is 409 g/mol. The number of rotatable bonds is 4. The second-order valence-electron chi connectivity index (χ2n) is 8.35. The lowest BCUT2D eigenvalue weighted by Crippen LogP contribution is -2.22. The molecule has 3 rings (SSSR count). The van der Waals surface area contributed by atoms with Crippen LogP contribution in [-0.2, 0) is 0 Å². The third-order valence-electron chi connectivity index (χ3n) is 4.82. The van der Waals surface area contributed by atoms with E-state index in [4.69, 9.17) is 4.74 Å². The van der Waals surface area contributed by atoms with Crippen molar-refractivity contribution in [3.63, 3.8) is 0 Å². The number of benzene rings is 3. The Hall–Kier alpha value is -3.24. The molecule has 0 heterocycles. The molecule has 0 atom stereocenters. The van der Waals surface area contributed by atoms with Crippen molar-refractivity contribution in [2.24, 2.45) is 0 Å². The summed E-state index contributed by atoms with van der Waals surface area (Å²) in [5, 5.41) is 1.32. The fraction of sp³-hybridized carbons (Fsp3) is 0.179. The first kappa shape index (κ1) is 21.5. The second-order valence-corrected chi connectivity index (χ2v) is 13.3. The van der Waals surface area contributed by atoms with Crippen molar-refractivity contribution < 1.29 is 4.74 Å². The number of hydrogen-bond acceptors (Lipinski definition) is 1. The first-order chi connectivity index (χ1) is 14.4. The van der Waals surface area contributed by atoms with Crippen LogP contribution in [0.4, 0.5) is 0 Å². The van der Waals surface area contributed by atoms with Gasteiger partial charge in [-0.05, 0) is 59.7 Å². The van der Waals surface area contributed by atoms with Gasteiger partial charge in [-0.2, -0.15) is 0 Å². The van der Waals surface area contributed by atoms with Gasteiger partial charge in [-0.1, -0.05) is 79.5 Å². The molecule has 0 bridgehead atoms. The Bertz CT molecular complexity index is 1150. The summed E-state index contributed by atoms with van der Waals surface area (Å²) >= 11 is 0. The first-order valence-corrected chi connectivity index (χ1v) is 13.7. The molecule has 0 amide bonds. The van der Waals surface area contributed by atoms with Crippen molar-refractivity contribution >= 4 is 19.3 Å². The summed E-state index contributed by atoms with van der Waals surface area (Å²) in [6.07, 6.45) is 2.09. The van der Waals surface area contributed by atoms with Crippen molar-refractivity contribution in [1.29, 1.82) is 0 Å². The standard InChI is InChI=1S/C28H28OSi/c1-22-9-8-12-26(21-22)28(30(3,4)5)20-17-25-11-7-6-10-24(25)16-13-23-14-18-27(29-2)19-15-23/h6-12,14-15,17-19,21H,1-5H3. The van der Waals surface area contributed by atoms with E-state index in [9.17, 15) is 0 Å². The number of aryl methyl sites for hydroxylation is 1. The summed E-state index contributed by atoms with van der Waals surface area (Å²) in [5.74, 6) is 7.41. The van der Waals surface area contributed by atoms with Gasteiger partial charge in [0, 0.05) is 11.1 Å². The SMILES string of the molecule is COc1ccc(C#Cc2ccccc2C=C=C(c2cccc(C)c2)[Si](C)(C)C)cc1. The van der Waals surface area contributed by atoms with Crippen LogP contribution in [0.5, 0.6) is 5.75 Å². The lowest BCUT2D eigenvalue weighted by atomic mass is 10.1. The zero-order valence-corrected chi connectivity index (χ0v) is 19.4. The molecule has 0 radical (unpaired) electrons. The maximum Gasteiger partial charge on any atom is 0.118 e. The van der Waals surface area contributed by atoms with Gasteiger partial charge in [0.25, 0.3) is 0 Å². The largest absolute Gasteiger partial charge is 0.497 e.